The third-order valence-corrected chi connectivity index (χ3v) is 3.74. The number of nitrogens with two attached hydrogens (primary N) is 1. The molecule has 0 fully saturated rings. The van der Waals surface area contributed by atoms with Crippen molar-refractivity contribution in [1.82, 2.24) is 10.4 Å². The van der Waals surface area contributed by atoms with Crippen molar-refractivity contribution in [1.29, 1.82) is 0 Å². The molecule has 0 aliphatic heterocycles. The topological polar surface area (TPSA) is 50.9 Å². The molecule has 0 aliphatic rings. The van der Waals surface area contributed by atoms with Gasteiger partial charge in [-0.3, -0.25) is 10.8 Å². The molecule has 0 saturated heterocycles. The lowest BCUT2D eigenvalue weighted by atomic mass is 10.0. The molecular weight excluding hydrogens is 321 g/mol. The van der Waals surface area contributed by atoms with E-state index >= 15 is 0 Å². The monoisotopic (exact) mass is 329 g/mol. The maximum Gasteiger partial charge on any atom is 0.141 e. The highest BCUT2D eigenvalue weighted by Gasteiger charge is 2.14. The van der Waals surface area contributed by atoms with Gasteiger partial charge in [0.15, 0.2) is 0 Å². The van der Waals surface area contributed by atoms with Crippen molar-refractivity contribution in [2.75, 3.05) is 0 Å². The molecule has 0 radical (unpaired) electrons. The van der Waals surface area contributed by atoms with E-state index < -0.39 is 5.82 Å². The zero-order chi connectivity index (χ0) is 13.1. The Bertz CT molecular complexity index is 565. The van der Waals surface area contributed by atoms with Gasteiger partial charge in [-0.2, -0.15) is 0 Å². The van der Waals surface area contributed by atoms with Gasteiger partial charge < -0.3 is 0 Å². The standard InChI is InChI=1S/C12H10BrClFN3/c13-10-2-1-7(4-11(10)14)12(18-16)8-3-9(15)6-17-5-8/h1-6,12,18H,16H2. The Hall–Kier alpha value is -1.01. The Kier molecular flexibility index (Phi) is 4.29. The van der Waals surface area contributed by atoms with Gasteiger partial charge in [-0.25, -0.2) is 9.82 Å². The van der Waals surface area contributed by atoms with Crippen molar-refractivity contribution in [3.8, 4) is 0 Å². The predicted octanol–water partition coefficient (Wildman–Crippen LogP) is 3.19. The summed E-state index contributed by atoms with van der Waals surface area (Å²) in [6, 6.07) is 6.45. The third-order valence-electron chi connectivity index (χ3n) is 2.50. The van der Waals surface area contributed by atoms with Crippen LogP contribution in [0.1, 0.15) is 17.2 Å². The molecule has 3 N–H and O–H groups in total. The highest BCUT2D eigenvalue weighted by Crippen LogP contribution is 2.28. The van der Waals surface area contributed by atoms with E-state index in [0.717, 1.165) is 16.2 Å². The second-order valence-corrected chi connectivity index (χ2v) is 4.97. The molecule has 0 amide bonds. The number of nitrogens with one attached hydrogen (secondary N) is 1. The average molecular weight is 331 g/mol. The second kappa shape index (κ2) is 5.75. The SMILES string of the molecule is NNC(c1cncc(F)c1)c1ccc(Br)c(Cl)c1. The van der Waals surface area contributed by atoms with Crippen molar-refractivity contribution in [2.24, 2.45) is 5.84 Å². The van der Waals surface area contributed by atoms with Crippen LogP contribution in [0.15, 0.2) is 41.1 Å². The van der Waals surface area contributed by atoms with Crippen LogP contribution in [0.25, 0.3) is 0 Å². The van der Waals surface area contributed by atoms with Gasteiger partial charge in [-0.05, 0) is 45.3 Å². The first kappa shape index (κ1) is 13.4. The lowest BCUT2D eigenvalue weighted by Crippen LogP contribution is -2.29. The smallest absolute Gasteiger partial charge is 0.141 e. The number of pyridine rings is 1. The minimum absolute atomic E-state index is 0.362. The zero-order valence-corrected chi connectivity index (χ0v) is 11.5. The lowest BCUT2D eigenvalue weighted by molar-refractivity contribution is 0.598. The summed E-state index contributed by atoms with van der Waals surface area (Å²) in [5, 5.41) is 0.567. The molecule has 2 aromatic rings. The average Bonchev–Trinajstić information content (AvgIpc) is 2.35. The summed E-state index contributed by atoms with van der Waals surface area (Å²) in [5.41, 5.74) is 4.09. The van der Waals surface area contributed by atoms with Crippen LogP contribution in [0.4, 0.5) is 4.39 Å². The maximum absolute atomic E-state index is 13.2. The molecule has 0 spiro atoms. The Morgan fingerprint density at radius 1 is 1.28 bits per heavy atom. The number of aromatic nitrogens is 1. The summed E-state index contributed by atoms with van der Waals surface area (Å²) < 4.78 is 14.0. The number of hydrazine groups is 1. The minimum atomic E-state index is -0.407. The normalized spacial score (nSPS) is 12.4. The van der Waals surface area contributed by atoms with Gasteiger partial charge in [-0.1, -0.05) is 17.7 Å². The summed E-state index contributed by atoms with van der Waals surface area (Å²) in [6.45, 7) is 0. The molecule has 18 heavy (non-hydrogen) atoms. The number of rotatable bonds is 3. The molecule has 1 aromatic carbocycles. The molecule has 1 aromatic heterocycles. The molecule has 1 heterocycles. The Labute approximate surface area is 117 Å². The van der Waals surface area contributed by atoms with E-state index in [1.807, 2.05) is 12.1 Å². The molecule has 0 saturated carbocycles. The van der Waals surface area contributed by atoms with Crippen LogP contribution in [-0.4, -0.2) is 4.98 Å². The van der Waals surface area contributed by atoms with Crippen LogP contribution in [0.2, 0.25) is 5.02 Å². The Balaban J connectivity index is 2.42. The van der Waals surface area contributed by atoms with E-state index in [1.165, 1.54) is 6.07 Å². The first-order chi connectivity index (χ1) is 8.61. The summed E-state index contributed by atoms with van der Waals surface area (Å²) in [4.78, 5) is 3.81. The van der Waals surface area contributed by atoms with E-state index in [0.29, 0.717) is 10.6 Å². The summed E-state index contributed by atoms with van der Waals surface area (Å²) in [7, 11) is 0. The molecule has 2 rings (SSSR count). The summed E-state index contributed by atoms with van der Waals surface area (Å²) in [5.74, 6) is 5.11. The van der Waals surface area contributed by atoms with E-state index in [2.05, 4.69) is 26.3 Å². The van der Waals surface area contributed by atoms with Gasteiger partial charge in [-0.15, -0.1) is 0 Å². The number of benzene rings is 1. The number of halogens is 3. The first-order valence-electron chi connectivity index (χ1n) is 5.13. The highest BCUT2D eigenvalue weighted by molar-refractivity contribution is 9.10. The second-order valence-electron chi connectivity index (χ2n) is 3.71. The third kappa shape index (κ3) is 2.87. The summed E-state index contributed by atoms with van der Waals surface area (Å²) in [6.07, 6.45) is 2.70. The highest BCUT2D eigenvalue weighted by atomic mass is 79.9. The first-order valence-corrected chi connectivity index (χ1v) is 6.30. The van der Waals surface area contributed by atoms with Gasteiger partial charge >= 0.3 is 0 Å². The quantitative estimate of drug-likeness (QED) is 0.671. The summed E-state index contributed by atoms with van der Waals surface area (Å²) >= 11 is 9.34. The van der Waals surface area contributed by atoms with Crippen molar-refractivity contribution in [3.63, 3.8) is 0 Å². The van der Waals surface area contributed by atoms with Crippen molar-refractivity contribution in [3.05, 3.63) is 63.1 Å². The van der Waals surface area contributed by atoms with E-state index in [-0.39, 0.29) is 6.04 Å². The molecule has 6 heteroatoms. The van der Waals surface area contributed by atoms with Crippen LogP contribution in [0.5, 0.6) is 0 Å². The van der Waals surface area contributed by atoms with Gasteiger partial charge in [0.25, 0.3) is 0 Å². The van der Waals surface area contributed by atoms with Crippen molar-refractivity contribution >= 4 is 27.5 Å². The molecule has 0 aliphatic carbocycles. The Morgan fingerprint density at radius 3 is 2.67 bits per heavy atom. The fourth-order valence-electron chi connectivity index (χ4n) is 1.66. The van der Waals surface area contributed by atoms with E-state index in [1.54, 1.807) is 12.3 Å². The molecular formula is C12H10BrClFN3. The zero-order valence-electron chi connectivity index (χ0n) is 9.20. The van der Waals surface area contributed by atoms with Crippen LogP contribution in [0.3, 0.4) is 0 Å². The number of hydrogen-bond acceptors (Lipinski definition) is 3. The molecule has 3 nitrogen and oxygen atoms in total. The van der Waals surface area contributed by atoms with Gasteiger partial charge in [0.05, 0.1) is 17.3 Å². The number of hydrogen-bond donors (Lipinski definition) is 2. The fraction of sp³-hybridized carbons (Fsp3) is 0.0833. The molecule has 1 atom stereocenters. The van der Waals surface area contributed by atoms with Crippen molar-refractivity contribution in [2.45, 2.75) is 6.04 Å². The predicted molar refractivity (Wildman–Crippen MR) is 72.5 cm³/mol. The largest absolute Gasteiger partial charge is 0.271 e. The van der Waals surface area contributed by atoms with Crippen molar-refractivity contribution < 1.29 is 4.39 Å². The lowest BCUT2D eigenvalue weighted by Gasteiger charge is -2.17. The van der Waals surface area contributed by atoms with E-state index in [9.17, 15) is 4.39 Å². The molecule has 1 unspecified atom stereocenters. The molecule has 94 valence electrons. The molecule has 0 bridgehead atoms. The van der Waals surface area contributed by atoms with Gasteiger partial charge in [0, 0.05) is 10.7 Å². The van der Waals surface area contributed by atoms with Gasteiger partial charge in [0.2, 0.25) is 0 Å². The maximum atomic E-state index is 13.2. The fourth-order valence-corrected chi connectivity index (χ4v) is 2.10. The van der Waals surface area contributed by atoms with Crippen LogP contribution in [0, 0.1) is 5.82 Å². The van der Waals surface area contributed by atoms with Gasteiger partial charge in [0.1, 0.15) is 5.82 Å². The Morgan fingerprint density at radius 2 is 2.06 bits per heavy atom. The number of nitrogens with zero attached hydrogens (tertiary/aromatic N) is 1. The van der Waals surface area contributed by atoms with Crippen LogP contribution in [-0.2, 0) is 0 Å². The minimum Gasteiger partial charge on any atom is -0.271 e. The van der Waals surface area contributed by atoms with Crippen LogP contribution < -0.4 is 11.3 Å². The van der Waals surface area contributed by atoms with Crippen LogP contribution >= 0.6 is 27.5 Å². The van der Waals surface area contributed by atoms with E-state index in [4.69, 9.17) is 17.4 Å².